The van der Waals surface area contributed by atoms with E-state index in [1.807, 2.05) is 88.4 Å². The molecule has 9 heteroatoms. The number of carbonyl (C=O) groups is 2. The summed E-state index contributed by atoms with van der Waals surface area (Å²) < 4.78 is 45.5. The summed E-state index contributed by atoms with van der Waals surface area (Å²) in [6.45, 7) is 7.42. The van der Waals surface area contributed by atoms with Crippen molar-refractivity contribution in [3.63, 3.8) is 0 Å². The summed E-state index contributed by atoms with van der Waals surface area (Å²) in [6.07, 6.45) is 0.322. The Morgan fingerprint density at radius 2 is 1.20 bits per heavy atom. The Morgan fingerprint density at radius 1 is 0.800 bits per heavy atom. The van der Waals surface area contributed by atoms with Crippen LogP contribution in [0.5, 0.6) is 0 Å². The minimum Gasteiger partial charge on any atom is -0.747 e. The van der Waals surface area contributed by atoms with Gasteiger partial charge in [0.25, 0.3) is 0 Å². The summed E-state index contributed by atoms with van der Waals surface area (Å²) in [6, 6.07) is 19.2. The minimum absolute atomic E-state index is 0. The predicted molar refractivity (Wildman–Crippen MR) is 128 cm³/mol. The van der Waals surface area contributed by atoms with Gasteiger partial charge in [-0.05, 0) is 24.0 Å². The first-order valence-corrected chi connectivity index (χ1v) is 12.6. The third-order valence-electron chi connectivity index (χ3n) is 5.24. The molecule has 1 atom stereocenters. The molecule has 0 aliphatic rings. The molecule has 0 saturated heterocycles. The van der Waals surface area contributed by atoms with Crippen molar-refractivity contribution in [2.24, 2.45) is 10.8 Å². The van der Waals surface area contributed by atoms with Crippen LogP contribution in [0.3, 0.4) is 0 Å². The van der Waals surface area contributed by atoms with Crippen LogP contribution < -0.4 is 29.6 Å². The minimum atomic E-state index is -5.11. The van der Waals surface area contributed by atoms with E-state index >= 15 is 0 Å². The first-order valence-electron chi connectivity index (χ1n) is 11.1. The first-order chi connectivity index (χ1) is 15.8. The summed E-state index contributed by atoms with van der Waals surface area (Å²) >= 11 is 0. The van der Waals surface area contributed by atoms with Gasteiger partial charge < -0.3 is 14.0 Å². The van der Waals surface area contributed by atoms with Crippen molar-refractivity contribution >= 4 is 22.1 Å². The van der Waals surface area contributed by atoms with Crippen LogP contribution in [0, 0.1) is 10.8 Å². The Balaban J connectivity index is 0.00000612. The van der Waals surface area contributed by atoms with Crippen molar-refractivity contribution in [1.82, 2.24) is 0 Å². The molecule has 0 aromatic heterocycles. The average Bonchev–Trinajstić information content (AvgIpc) is 2.74. The van der Waals surface area contributed by atoms with Crippen LogP contribution in [0.1, 0.15) is 45.2 Å². The fraction of sp³-hybridized carbons (Fsp3) is 0.462. The van der Waals surface area contributed by atoms with Gasteiger partial charge in [-0.25, -0.2) is 8.42 Å². The van der Waals surface area contributed by atoms with E-state index in [-0.39, 0.29) is 42.8 Å². The fourth-order valence-corrected chi connectivity index (χ4v) is 4.19. The molecule has 7 nitrogen and oxygen atoms in total. The van der Waals surface area contributed by atoms with Crippen LogP contribution in [-0.2, 0) is 42.0 Å². The summed E-state index contributed by atoms with van der Waals surface area (Å²) in [5, 5.41) is -2.15. The Bertz CT molecular complexity index is 1050. The average molecular weight is 513 g/mol. The maximum atomic E-state index is 12.5. The van der Waals surface area contributed by atoms with Crippen LogP contribution in [0.2, 0.25) is 0 Å². The first kappa shape index (κ1) is 31.3. The molecule has 2 aromatic rings. The molecule has 0 radical (unpaired) electrons. The Kier molecular flexibility index (Phi) is 12.1. The monoisotopic (exact) mass is 512 g/mol. The van der Waals surface area contributed by atoms with Gasteiger partial charge in [-0.15, -0.1) is 0 Å². The van der Waals surface area contributed by atoms with E-state index in [4.69, 9.17) is 9.47 Å². The van der Waals surface area contributed by atoms with Gasteiger partial charge in [-0.3, -0.25) is 9.59 Å². The van der Waals surface area contributed by atoms with Crippen LogP contribution in [-0.4, -0.2) is 43.4 Å². The van der Waals surface area contributed by atoms with Gasteiger partial charge >= 0.3 is 41.5 Å². The largest absolute Gasteiger partial charge is 1.00 e. The molecule has 0 bridgehead atoms. The van der Waals surface area contributed by atoms with Crippen molar-refractivity contribution in [3.8, 4) is 0 Å². The molecule has 0 aliphatic heterocycles. The summed E-state index contributed by atoms with van der Waals surface area (Å²) in [5.41, 5.74) is 1.16. The molecule has 0 heterocycles. The summed E-state index contributed by atoms with van der Waals surface area (Å²) in [4.78, 5) is 24.8. The van der Waals surface area contributed by atoms with Gasteiger partial charge in [0.15, 0.2) is 5.25 Å². The number of rotatable bonds is 12. The van der Waals surface area contributed by atoms with Gasteiger partial charge in [0, 0.05) is 10.8 Å². The predicted octanol–water partition coefficient (Wildman–Crippen LogP) is 0.919. The quantitative estimate of drug-likeness (QED) is 0.236. The van der Waals surface area contributed by atoms with Gasteiger partial charge in [0.1, 0.15) is 10.1 Å². The zero-order chi connectivity index (χ0) is 25.4. The standard InChI is InChI=1S/C26H34O7S.Na/c1-25(2,16-20-11-7-5-8-12-20)18-32-23(27)15-22(34(29,30)31)24(28)33-19-26(3,4)17-21-13-9-6-10-14-21;/h5-14,22H,15-19H2,1-4H3,(H,29,30,31);/q;+1/p-1. The summed E-state index contributed by atoms with van der Waals surface area (Å²) in [7, 11) is -5.11. The summed E-state index contributed by atoms with van der Waals surface area (Å²) in [5.74, 6) is -2.18. The van der Waals surface area contributed by atoms with Gasteiger partial charge in [-0.1, -0.05) is 88.4 Å². The van der Waals surface area contributed by atoms with Gasteiger partial charge in [0.2, 0.25) is 0 Å². The fourth-order valence-electron chi connectivity index (χ4n) is 3.55. The molecule has 186 valence electrons. The molecule has 0 spiro atoms. The van der Waals surface area contributed by atoms with Crippen molar-refractivity contribution in [1.29, 1.82) is 0 Å². The van der Waals surface area contributed by atoms with E-state index in [0.29, 0.717) is 12.8 Å². The van der Waals surface area contributed by atoms with Crippen molar-refractivity contribution in [2.75, 3.05) is 13.2 Å². The van der Waals surface area contributed by atoms with Crippen molar-refractivity contribution in [2.45, 2.75) is 52.2 Å². The number of hydrogen-bond acceptors (Lipinski definition) is 7. The van der Waals surface area contributed by atoms with Crippen LogP contribution >= 0.6 is 0 Å². The molecule has 0 aliphatic carbocycles. The number of ether oxygens (including phenoxy) is 2. The molecular formula is C26H33NaO7S. The number of hydrogen-bond donors (Lipinski definition) is 0. The van der Waals surface area contributed by atoms with E-state index in [2.05, 4.69) is 0 Å². The number of esters is 2. The van der Waals surface area contributed by atoms with Crippen molar-refractivity contribution < 1.29 is 61.6 Å². The Labute approximate surface area is 230 Å². The molecule has 0 fully saturated rings. The van der Waals surface area contributed by atoms with Crippen LogP contribution in [0.25, 0.3) is 0 Å². The molecule has 0 saturated carbocycles. The van der Waals surface area contributed by atoms with E-state index in [9.17, 15) is 22.6 Å². The Hall–Kier alpha value is -1.71. The zero-order valence-electron chi connectivity index (χ0n) is 21.2. The smallest absolute Gasteiger partial charge is 0.747 e. The molecule has 0 N–H and O–H groups in total. The van der Waals surface area contributed by atoms with Crippen molar-refractivity contribution in [3.05, 3.63) is 71.8 Å². The molecule has 35 heavy (non-hydrogen) atoms. The van der Waals surface area contributed by atoms with Gasteiger partial charge in [0.05, 0.1) is 19.6 Å². The van der Waals surface area contributed by atoms with E-state index in [1.54, 1.807) is 0 Å². The zero-order valence-corrected chi connectivity index (χ0v) is 24.0. The SMILES string of the molecule is CC(C)(COC(=O)CC(C(=O)OCC(C)(C)Cc1ccccc1)S(=O)(=O)[O-])Cc1ccccc1.[Na+]. The van der Waals surface area contributed by atoms with E-state index in [1.165, 1.54) is 0 Å². The molecule has 0 amide bonds. The molecule has 1 unspecified atom stereocenters. The van der Waals surface area contributed by atoms with E-state index < -0.39 is 44.6 Å². The normalized spacial score (nSPS) is 12.8. The van der Waals surface area contributed by atoms with Crippen LogP contribution in [0.15, 0.2) is 60.7 Å². The second kappa shape index (κ2) is 13.6. The third kappa shape index (κ3) is 11.7. The number of benzene rings is 2. The van der Waals surface area contributed by atoms with Crippen LogP contribution in [0.4, 0.5) is 0 Å². The third-order valence-corrected chi connectivity index (χ3v) is 6.30. The molecule has 2 aromatic carbocycles. The maximum absolute atomic E-state index is 12.5. The second-order valence-electron chi connectivity index (χ2n) is 10.1. The van der Waals surface area contributed by atoms with E-state index in [0.717, 1.165) is 11.1 Å². The molecule has 2 rings (SSSR count). The van der Waals surface area contributed by atoms with Gasteiger partial charge in [-0.2, -0.15) is 0 Å². The molecular weight excluding hydrogens is 479 g/mol. The maximum Gasteiger partial charge on any atom is 1.00 e. The topological polar surface area (TPSA) is 110 Å². The number of carbonyl (C=O) groups excluding carboxylic acids is 2. The Morgan fingerprint density at radius 3 is 1.60 bits per heavy atom. The second-order valence-corrected chi connectivity index (χ2v) is 11.7.